The maximum atomic E-state index is 12.7. The number of rotatable bonds is 8. The smallest absolute Gasteiger partial charge is 0.229 e. The van der Waals surface area contributed by atoms with Crippen molar-refractivity contribution >= 4 is 17.5 Å². The van der Waals surface area contributed by atoms with Crippen LogP contribution in [0.25, 0.3) is 0 Å². The Bertz CT molecular complexity index is 866. The number of carbonyl (C=O) groups excluding carboxylic acids is 2. The lowest BCUT2D eigenvalue weighted by atomic mass is 10.1. The van der Waals surface area contributed by atoms with E-state index < -0.39 is 0 Å². The predicted molar refractivity (Wildman–Crippen MR) is 110 cm³/mol. The highest BCUT2D eigenvalue weighted by atomic mass is 16.5. The number of nitrogens with one attached hydrogen (secondary N) is 1. The van der Waals surface area contributed by atoms with Gasteiger partial charge in [-0.1, -0.05) is 12.1 Å². The van der Waals surface area contributed by atoms with Gasteiger partial charge in [0.15, 0.2) is 0 Å². The SMILES string of the molecule is COc1ccc(CCN2CC(C(=O)Nc3ccc(OC)cc3OC)CC2=O)cc1. The van der Waals surface area contributed by atoms with Crippen molar-refractivity contribution in [2.75, 3.05) is 39.7 Å². The van der Waals surface area contributed by atoms with Crippen LogP contribution in [0.5, 0.6) is 17.2 Å². The summed E-state index contributed by atoms with van der Waals surface area (Å²) >= 11 is 0. The van der Waals surface area contributed by atoms with Crippen LogP contribution >= 0.6 is 0 Å². The Morgan fingerprint density at radius 1 is 1.03 bits per heavy atom. The number of ether oxygens (including phenoxy) is 3. The lowest BCUT2D eigenvalue weighted by Gasteiger charge is -2.17. The van der Waals surface area contributed by atoms with Gasteiger partial charge in [-0.05, 0) is 36.2 Å². The van der Waals surface area contributed by atoms with Crippen molar-refractivity contribution in [2.24, 2.45) is 5.92 Å². The molecule has 1 unspecified atom stereocenters. The van der Waals surface area contributed by atoms with Gasteiger partial charge in [-0.15, -0.1) is 0 Å². The molecule has 0 spiro atoms. The molecule has 0 aromatic heterocycles. The highest BCUT2D eigenvalue weighted by Crippen LogP contribution is 2.30. The van der Waals surface area contributed by atoms with E-state index in [1.165, 1.54) is 7.11 Å². The number of likely N-dealkylation sites (tertiary alicyclic amines) is 1. The molecule has 7 nitrogen and oxygen atoms in total. The van der Waals surface area contributed by atoms with Crippen LogP contribution in [0.2, 0.25) is 0 Å². The van der Waals surface area contributed by atoms with Gasteiger partial charge in [0, 0.05) is 25.6 Å². The molecular formula is C22H26N2O5. The molecule has 1 fully saturated rings. The van der Waals surface area contributed by atoms with Crippen molar-refractivity contribution in [2.45, 2.75) is 12.8 Å². The van der Waals surface area contributed by atoms with Crippen LogP contribution in [0.3, 0.4) is 0 Å². The van der Waals surface area contributed by atoms with Gasteiger partial charge < -0.3 is 24.4 Å². The first kappa shape index (κ1) is 20.5. The van der Waals surface area contributed by atoms with E-state index in [0.717, 1.165) is 17.7 Å². The summed E-state index contributed by atoms with van der Waals surface area (Å²) in [7, 11) is 4.73. The zero-order valence-corrected chi connectivity index (χ0v) is 16.9. The largest absolute Gasteiger partial charge is 0.497 e. The molecule has 1 heterocycles. The first-order valence-corrected chi connectivity index (χ1v) is 9.47. The minimum Gasteiger partial charge on any atom is -0.497 e. The van der Waals surface area contributed by atoms with Gasteiger partial charge in [0.25, 0.3) is 0 Å². The fourth-order valence-corrected chi connectivity index (χ4v) is 3.36. The van der Waals surface area contributed by atoms with Crippen LogP contribution in [0, 0.1) is 5.92 Å². The van der Waals surface area contributed by atoms with Crippen molar-refractivity contribution in [3.05, 3.63) is 48.0 Å². The van der Waals surface area contributed by atoms with Gasteiger partial charge in [0.05, 0.1) is 32.9 Å². The van der Waals surface area contributed by atoms with Crippen LogP contribution in [0.15, 0.2) is 42.5 Å². The van der Waals surface area contributed by atoms with E-state index in [4.69, 9.17) is 14.2 Å². The number of hydrogen-bond donors (Lipinski definition) is 1. The third-order valence-corrected chi connectivity index (χ3v) is 5.08. The third kappa shape index (κ3) is 4.99. The molecule has 1 aliphatic heterocycles. The first-order valence-electron chi connectivity index (χ1n) is 9.47. The zero-order chi connectivity index (χ0) is 20.8. The normalized spacial score (nSPS) is 15.9. The third-order valence-electron chi connectivity index (χ3n) is 5.08. The quantitative estimate of drug-likeness (QED) is 0.740. The maximum Gasteiger partial charge on any atom is 0.229 e. The summed E-state index contributed by atoms with van der Waals surface area (Å²) in [6.07, 6.45) is 0.948. The molecule has 1 saturated heterocycles. The summed E-state index contributed by atoms with van der Waals surface area (Å²) in [6, 6.07) is 13.0. The minimum atomic E-state index is -0.384. The Morgan fingerprint density at radius 2 is 1.72 bits per heavy atom. The van der Waals surface area contributed by atoms with Crippen LogP contribution in [0.1, 0.15) is 12.0 Å². The molecule has 154 valence electrons. The number of nitrogens with zero attached hydrogens (tertiary/aromatic N) is 1. The van der Waals surface area contributed by atoms with Crippen molar-refractivity contribution in [1.82, 2.24) is 4.90 Å². The van der Waals surface area contributed by atoms with Crippen LogP contribution < -0.4 is 19.5 Å². The number of amides is 2. The molecule has 29 heavy (non-hydrogen) atoms. The van der Waals surface area contributed by atoms with Gasteiger partial charge in [0.1, 0.15) is 17.2 Å². The predicted octanol–water partition coefficient (Wildman–Crippen LogP) is 2.74. The molecular weight excluding hydrogens is 372 g/mol. The van der Waals surface area contributed by atoms with Gasteiger partial charge in [0.2, 0.25) is 11.8 Å². The van der Waals surface area contributed by atoms with Gasteiger partial charge in [-0.2, -0.15) is 0 Å². The Balaban J connectivity index is 1.57. The fraction of sp³-hybridized carbons (Fsp3) is 0.364. The Hall–Kier alpha value is -3.22. The molecule has 2 aromatic rings. The van der Waals surface area contributed by atoms with E-state index in [2.05, 4.69) is 5.32 Å². The van der Waals surface area contributed by atoms with Gasteiger partial charge in [-0.3, -0.25) is 9.59 Å². The molecule has 2 amide bonds. The lowest BCUT2D eigenvalue weighted by Crippen LogP contribution is -2.30. The fourth-order valence-electron chi connectivity index (χ4n) is 3.36. The lowest BCUT2D eigenvalue weighted by molar-refractivity contribution is -0.128. The summed E-state index contributed by atoms with van der Waals surface area (Å²) in [5, 5.41) is 2.87. The second-order valence-electron chi connectivity index (χ2n) is 6.89. The Morgan fingerprint density at radius 3 is 2.38 bits per heavy atom. The topological polar surface area (TPSA) is 77.1 Å². The van der Waals surface area contributed by atoms with Crippen LogP contribution in [-0.2, 0) is 16.0 Å². The number of anilines is 1. The van der Waals surface area contributed by atoms with Crippen LogP contribution in [-0.4, -0.2) is 51.1 Å². The molecule has 1 aliphatic rings. The average Bonchev–Trinajstić information content (AvgIpc) is 3.13. The maximum absolute atomic E-state index is 12.7. The Labute approximate surface area is 170 Å². The van der Waals surface area contributed by atoms with E-state index in [9.17, 15) is 9.59 Å². The summed E-state index contributed by atoms with van der Waals surface area (Å²) in [6.45, 7) is 1.00. The summed E-state index contributed by atoms with van der Waals surface area (Å²) in [4.78, 5) is 26.8. The molecule has 0 radical (unpaired) electrons. The minimum absolute atomic E-state index is 0.000331. The van der Waals surface area contributed by atoms with Gasteiger partial charge >= 0.3 is 0 Å². The van der Waals surface area contributed by atoms with Gasteiger partial charge in [-0.25, -0.2) is 0 Å². The molecule has 0 saturated carbocycles. The molecule has 2 aromatic carbocycles. The molecule has 0 bridgehead atoms. The Kier molecular flexibility index (Phi) is 6.59. The summed E-state index contributed by atoms with van der Waals surface area (Å²) in [5.74, 6) is 1.38. The average molecular weight is 398 g/mol. The number of benzene rings is 2. The van der Waals surface area contributed by atoms with Crippen molar-refractivity contribution in [1.29, 1.82) is 0 Å². The molecule has 1 N–H and O–H groups in total. The molecule has 7 heteroatoms. The first-order chi connectivity index (χ1) is 14.0. The second-order valence-corrected chi connectivity index (χ2v) is 6.89. The molecule has 3 rings (SSSR count). The second kappa shape index (κ2) is 9.32. The molecule has 1 atom stereocenters. The summed E-state index contributed by atoms with van der Waals surface area (Å²) < 4.78 is 15.6. The van der Waals surface area contributed by atoms with E-state index in [1.807, 2.05) is 24.3 Å². The highest BCUT2D eigenvalue weighted by molar-refractivity contribution is 5.98. The number of hydrogen-bond acceptors (Lipinski definition) is 5. The molecule has 0 aliphatic carbocycles. The van der Waals surface area contributed by atoms with Crippen LogP contribution in [0.4, 0.5) is 5.69 Å². The summed E-state index contributed by atoms with van der Waals surface area (Å²) in [5.41, 5.74) is 1.68. The van der Waals surface area contributed by atoms with E-state index >= 15 is 0 Å². The van der Waals surface area contributed by atoms with Crippen molar-refractivity contribution < 1.29 is 23.8 Å². The van der Waals surface area contributed by atoms with E-state index in [-0.39, 0.29) is 24.2 Å². The highest BCUT2D eigenvalue weighted by Gasteiger charge is 2.34. The van der Waals surface area contributed by atoms with E-state index in [0.29, 0.717) is 30.3 Å². The zero-order valence-electron chi connectivity index (χ0n) is 16.9. The number of methoxy groups -OCH3 is 3. The monoisotopic (exact) mass is 398 g/mol. The van der Waals surface area contributed by atoms with E-state index in [1.54, 1.807) is 37.3 Å². The number of carbonyl (C=O) groups is 2. The van der Waals surface area contributed by atoms with Crippen molar-refractivity contribution in [3.63, 3.8) is 0 Å². The standard InChI is InChI=1S/C22H26N2O5/c1-27-17-6-4-15(5-7-17)10-11-24-14-16(12-21(24)25)22(26)23-19-9-8-18(28-2)13-20(19)29-3/h4-9,13,16H,10-12,14H2,1-3H3,(H,23,26). The van der Waals surface area contributed by atoms with Crippen molar-refractivity contribution in [3.8, 4) is 17.2 Å².